The quantitative estimate of drug-likeness (QED) is 0.832. The minimum atomic E-state index is -0.483. The summed E-state index contributed by atoms with van der Waals surface area (Å²) in [4.78, 5) is 0. The SMILES string of the molecule is C[C@@H]1CC[C@@]2(O)[C@@H](CCCC2(C)C)[C@]1(C)CCc1ccoc1. The molecule has 22 heavy (non-hydrogen) atoms. The molecule has 0 amide bonds. The number of aryl methyl sites for hydroxylation is 1. The summed E-state index contributed by atoms with van der Waals surface area (Å²) in [5.74, 6) is 1.11. The highest BCUT2D eigenvalue weighted by Crippen LogP contribution is 2.62. The molecule has 1 aromatic rings. The highest BCUT2D eigenvalue weighted by molar-refractivity contribution is 5.12. The van der Waals surface area contributed by atoms with Crippen LogP contribution in [-0.4, -0.2) is 10.7 Å². The van der Waals surface area contributed by atoms with Crippen molar-refractivity contribution in [2.24, 2.45) is 22.7 Å². The molecule has 124 valence electrons. The van der Waals surface area contributed by atoms with E-state index >= 15 is 0 Å². The highest BCUT2D eigenvalue weighted by atomic mass is 16.3. The van der Waals surface area contributed by atoms with Crippen LogP contribution < -0.4 is 0 Å². The predicted molar refractivity (Wildman–Crippen MR) is 89.6 cm³/mol. The van der Waals surface area contributed by atoms with Gasteiger partial charge in [0.15, 0.2) is 0 Å². The molecule has 0 aliphatic heterocycles. The molecule has 0 radical (unpaired) electrons. The first-order valence-electron chi connectivity index (χ1n) is 9.03. The Morgan fingerprint density at radius 1 is 1.23 bits per heavy atom. The Morgan fingerprint density at radius 2 is 2.00 bits per heavy atom. The molecular formula is C20H32O2. The molecule has 2 fully saturated rings. The summed E-state index contributed by atoms with van der Waals surface area (Å²) in [7, 11) is 0. The number of hydrogen-bond donors (Lipinski definition) is 1. The van der Waals surface area contributed by atoms with Crippen LogP contribution in [0.2, 0.25) is 0 Å². The van der Waals surface area contributed by atoms with E-state index in [9.17, 15) is 5.11 Å². The van der Waals surface area contributed by atoms with Crippen molar-refractivity contribution in [1.29, 1.82) is 0 Å². The average molecular weight is 304 g/mol. The van der Waals surface area contributed by atoms with Gasteiger partial charge in [0, 0.05) is 0 Å². The lowest BCUT2D eigenvalue weighted by atomic mass is 9.45. The molecule has 2 aliphatic rings. The third kappa shape index (κ3) is 2.35. The van der Waals surface area contributed by atoms with Gasteiger partial charge in [-0.15, -0.1) is 0 Å². The van der Waals surface area contributed by atoms with Crippen molar-refractivity contribution in [3.63, 3.8) is 0 Å². The van der Waals surface area contributed by atoms with Crippen molar-refractivity contribution >= 4 is 0 Å². The van der Waals surface area contributed by atoms with Crippen LogP contribution in [0.25, 0.3) is 0 Å². The van der Waals surface area contributed by atoms with Gasteiger partial charge in [0.2, 0.25) is 0 Å². The monoisotopic (exact) mass is 304 g/mol. The van der Waals surface area contributed by atoms with Crippen molar-refractivity contribution in [3.8, 4) is 0 Å². The van der Waals surface area contributed by atoms with Gasteiger partial charge in [0.25, 0.3) is 0 Å². The van der Waals surface area contributed by atoms with Gasteiger partial charge in [0.1, 0.15) is 0 Å². The van der Waals surface area contributed by atoms with Gasteiger partial charge in [-0.3, -0.25) is 0 Å². The zero-order valence-corrected chi connectivity index (χ0v) is 14.7. The van der Waals surface area contributed by atoms with E-state index in [1.54, 1.807) is 6.26 Å². The molecular weight excluding hydrogens is 272 g/mol. The van der Waals surface area contributed by atoms with Crippen molar-refractivity contribution in [2.45, 2.75) is 78.2 Å². The molecule has 2 saturated carbocycles. The van der Waals surface area contributed by atoms with E-state index in [2.05, 4.69) is 33.8 Å². The van der Waals surface area contributed by atoms with Crippen LogP contribution in [0.4, 0.5) is 0 Å². The van der Waals surface area contributed by atoms with Crippen LogP contribution in [0.3, 0.4) is 0 Å². The number of furan rings is 1. The third-order valence-electron chi connectivity index (χ3n) is 7.46. The molecule has 0 saturated heterocycles. The minimum Gasteiger partial charge on any atom is -0.472 e. The van der Waals surface area contributed by atoms with E-state index in [1.165, 1.54) is 18.4 Å². The van der Waals surface area contributed by atoms with Crippen molar-refractivity contribution < 1.29 is 9.52 Å². The fourth-order valence-corrected chi connectivity index (χ4v) is 5.44. The predicted octanol–water partition coefficient (Wildman–Crippen LogP) is 5.21. The molecule has 4 atom stereocenters. The summed E-state index contributed by atoms with van der Waals surface area (Å²) in [5, 5.41) is 11.6. The molecule has 0 spiro atoms. The molecule has 0 aromatic carbocycles. The van der Waals surface area contributed by atoms with Gasteiger partial charge >= 0.3 is 0 Å². The zero-order valence-electron chi connectivity index (χ0n) is 14.7. The van der Waals surface area contributed by atoms with E-state index in [0.717, 1.165) is 32.1 Å². The maximum Gasteiger partial charge on any atom is 0.0934 e. The topological polar surface area (TPSA) is 33.4 Å². The minimum absolute atomic E-state index is 0.0486. The van der Waals surface area contributed by atoms with E-state index in [0.29, 0.717) is 11.8 Å². The summed E-state index contributed by atoms with van der Waals surface area (Å²) in [6, 6.07) is 2.08. The molecule has 1 aromatic heterocycles. The molecule has 1 N–H and O–H groups in total. The largest absolute Gasteiger partial charge is 0.472 e. The second-order valence-electron chi connectivity index (χ2n) is 8.83. The van der Waals surface area contributed by atoms with Gasteiger partial charge in [-0.2, -0.15) is 0 Å². The molecule has 2 heteroatoms. The summed E-state index contributed by atoms with van der Waals surface area (Å²) in [6.45, 7) is 9.40. The van der Waals surface area contributed by atoms with Crippen LogP contribution in [0.1, 0.15) is 71.8 Å². The molecule has 2 aliphatic carbocycles. The molecule has 1 heterocycles. The van der Waals surface area contributed by atoms with Crippen LogP contribution in [0.15, 0.2) is 23.0 Å². The smallest absolute Gasteiger partial charge is 0.0934 e. The van der Waals surface area contributed by atoms with Gasteiger partial charge in [-0.05, 0) is 72.8 Å². The normalized spacial score (nSPS) is 41.1. The first-order chi connectivity index (χ1) is 10.3. The lowest BCUT2D eigenvalue weighted by molar-refractivity contribution is -0.212. The number of fused-ring (bicyclic) bond motifs is 1. The van der Waals surface area contributed by atoms with Gasteiger partial charge < -0.3 is 9.52 Å². The maximum atomic E-state index is 11.6. The number of rotatable bonds is 3. The van der Waals surface area contributed by atoms with E-state index in [4.69, 9.17) is 4.42 Å². The molecule has 3 rings (SSSR count). The van der Waals surface area contributed by atoms with Gasteiger partial charge in [0.05, 0.1) is 18.1 Å². The second-order valence-corrected chi connectivity index (χ2v) is 8.83. The Hall–Kier alpha value is -0.760. The van der Waals surface area contributed by atoms with Crippen LogP contribution in [0.5, 0.6) is 0 Å². The van der Waals surface area contributed by atoms with Crippen molar-refractivity contribution in [2.75, 3.05) is 0 Å². The number of hydrogen-bond acceptors (Lipinski definition) is 2. The second kappa shape index (κ2) is 5.40. The standard InChI is InChI=1S/C20H32O2/c1-15-7-12-20(21)17(6-5-10-18(20,2)3)19(15,4)11-8-16-9-13-22-14-16/h9,13-15,17,21H,5-8,10-12H2,1-4H3/t15-,17+,19-,20-/m1/s1. The Bertz CT molecular complexity index is 504. The van der Waals surface area contributed by atoms with E-state index in [-0.39, 0.29) is 10.8 Å². The van der Waals surface area contributed by atoms with Crippen LogP contribution in [0, 0.1) is 22.7 Å². The van der Waals surface area contributed by atoms with Crippen LogP contribution >= 0.6 is 0 Å². The maximum absolute atomic E-state index is 11.6. The van der Waals surface area contributed by atoms with Gasteiger partial charge in [-0.1, -0.05) is 34.1 Å². The zero-order chi connectivity index (χ0) is 16.0. The third-order valence-corrected chi connectivity index (χ3v) is 7.46. The lowest BCUT2D eigenvalue weighted by Gasteiger charge is -2.62. The summed E-state index contributed by atoms with van der Waals surface area (Å²) >= 11 is 0. The fourth-order valence-electron chi connectivity index (χ4n) is 5.44. The Morgan fingerprint density at radius 3 is 2.68 bits per heavy atom. The first kappa shape index (κ1) is 16.1. The molecule has 0 bridgehead atoms. The van der Waals surface area contributed by atoms with Gasteiger partial charge in [-0.25, -0.2) is 0 Å². The number of aliphatic hydroxyl groups is 1. The fraction of sp³-hybridized carbons (Fsp3) is 0.800. The van der Waals surface area contributed by atoms with Crippen molar-refractivity contribution in [3.05, 3.63) is 24.2 Å². The first-order valence-corrected chi connectivity index (χ1v) is 9.03. The average Bonchev–Trinajstić information content (AvgIpc) is 2.97. The Kier molecular flexibility index (Phi) is 3.96. The highest BCUT2D eigenvalue weighted by Gasteiger charge is 2.60. The lowest BCUT2D eigenvalue weighted by Crippen LogP contribution is -2.62. The van der Waals surface area contributed by atoms with Crippen molar-refractivity contribution in [1.82, 2.24) is 0 Å². The summed E-state index contributed by atoms with van der Waals surface area (Å²) in [6.07, 6.45) is 11.6. The van der Waals surface area contributed by atoms with E-state index < -0.39 is 5.60 Å². The Balaban J connectivity index is 1.87. The molecule has 0 unspecified atom stereocenters. The summed E-state index contributed by atoms with van der Waals surface area (Å²) in [5.41, 5.74) is 1.08. The Labute approximate surface area is 135 Å². The summed E-state index contributed by atoms with van der Waals surface area (Å²) < 4.78 is 5.22. The van der Waals surface area contributed by atoms with Crippen LogP contribution in [-0.2, 0) is 6.42 Å². The molecule has 2 nitrogen and oxygen atoms in total. The van der Waals surface area contributed by atoms with E-state index in [1.807, 2.05) is 6.26 Å².